The predicted octanol–water partition coefficient (Wildman–Crippen LogP) is 4.66. The molecule has 0 radical (unpaired) electrons. The predicted molar refractivity (Wildman–Crippen MR) is 85.1 cm³/mol. The van der Waals surface area contributed by atoms with Gasteiger partial charge in [0, 0.05) is 33.1 Å². The van der Waals surface area contributed by atoms with Gasteiger partial charge in [-0.3, -0.25) is 0 Å². The van der Waals surface area contributed by atoms with E-state index >= 15 is 0 Å². The van der Waals surface area contributed by atoms with Crippen LogP contribution in [0.5, 0.6) is 0 Å². The highest BCUT2D eigenvalue weighted by molar-refractivity contribution is 7.12. The second-order valence-electron chi connectivity index (χ2n) is 5.93. The van der Waals surface area contributed by atoms with Crippen molar-refractivity contribution in [2.45, 2.75) is 52.6 Å². The third-order valence-electron chi connectivity index (χ3n) is 3.07. The second-order valence-corrected chi connectivity index (χ2v) is 8.19. The summed E-state index contributed by atoms with van der Waals surface area (Å²) in [6.07, 6.45) is 0. The number of nitrogens with zero attached hydrogens (tertiary/aromatic N) is 1. The molecule has 1 atom stereocenters. The van der Waals surface area contributed by atoms with Crippen LogP contribution in [-0.2, 0) is 12.0 Å². The van der Waals surface area contributed by atoms with Gasteiger partial charge in [0.2, 0.25) is 0 Å². The van der Waals surface area contributed by atoms with E-state index < -0.39 is 0 Å². The molecular weight excluding hydrogens is 272 g/mol. The molecule has 2 aromatic heterocycles. The number of thiazole rings is 1. The first-order valence-electron chi connectivity index (χ1n) is 6.61. The van der Waals surface area contributed by atoms with Crippen molar-refractivity contribution in [3.8, 4) is 0 Å². The number of rotatable bonds is 4. The Kier molecular flexibility index (Phi) is 4.43. The van der Waals surface area contributed by atoms with E-state index in [1.165, 1.54) is 20.5 Å². The molecule has 0 amide bonds. The maximum atomic E-state index is 4.71. The SMILES string of the molecule is Cc1ccc(C(C)NCc2nc(C(C)(C)C)cs2)s1. The standard InChI is InChI=1S/C15H22N2S2/c1-10-6-7-12(19-10)11(2)16-8-14-17-13(9-18-14)15(3,4)5/h6-7,9,11,16H,8H2,1-5H3. The minimum Gasteiger partial charge on any atom is -0.303 e. The minimum atomic E-state index is 0.144. The Labute approximate surface area is 123 Å². The van der Waals surface area contributed by atoms with Gasteiger partial charge in [-0.05, 0) is 26.0 Å². The molecule has 0 bridgehead atoms. The van der Waals surface area contributed by atoms with E-state index in [1.807, 2.05) is 11.3 Å². The summed E-state index contributed by atoms with van der Waals surface area (Å²) in [5, 5.41) is 6.90. The van der Waals surface area contributed by atoms with Crippen molar-refractivity contribution in [1.29, 1.82) is 0 Å². The summed E-state index contributed by atoms with van der Waals surface area (Å²) in [6, 6.07) is 4.78. The number of hydrogen-bond donors (Lipinski definition) is 1. The lowest BCUT2D eigenvalue weighted by Gasteiger charge is -2.14. The first kappa shape index (κ1) is 14.7. The molecule has 2 aromatic rings. The van der Waals surface area contributed by atoms with Crippen LogP contribution in [0.25, 0.3) is 0 Å². The van der Waals surface area contributed by atoms with Gasteiger partial charge in [-0.25, -0.2) is 4.98 Å². The molecular formula is C15H22N2S2. The first-order valence-corrected chi connectivity index (χ1v) is 8.30. The molecule has 1 N–H and O–H groups in total. The zero-order valence-corrected chi connectivity index (χ0v) is 13.9. The molecule has 0 aliphatic carbocycles. The van der Waals surface area contributed by atoms with Crippen LogP contribution in [0.1, 0.15) is 54.2 Å². The van der Waals surface area contributed by atoms with Gasteiger partial charge >= 0.3 is 0 Å². The summed E-state index contributed by atoms with van der Waals surface area (Å²) in [6.45, 7) is 11.8. The van der Waals surface area contributed by atoms with Crippen molar-refractivity contribution in [3.05, 3.63) is 38.0 Å². The lowest BCUT2D eigenvalue weighted by molar-refractivity contribution is 0.557. The van der Waals surface area contributed by atoms with E-state index in [0.29, 0.717) is 6.04 Å². The monoisotopic (exact) mass is 294 g/mol. The fraction of sp³-hybridized carbons (Fsp3) is 0.533. The average Bonchev–Trinajstić information content (AvgIpc) is 2.93. The molecule has 1 unspecified atom stereocenters. The average molecular weight is 294 g/mol. The van der Waals surface area contributed by atoms with Crippen LogP contribution in [-0.4, -0.2) is 4.98 Å². The molecule has 0 aliphatic heterocycles. The summed E-state index contributed by atoms with van der Waals surface area (Å²) in [4.78, 5) is 7.47. The summed E-state index contributed by atoms with van der Waals surface area (Å²) in [5.74, 6) is 0. The molecule has 104 valence electrons. The zero-order chi connectivity index (χ0) is 14.0. The normalized spacial score (nSPS) is 13.7. The molecule has 2 heterocycles. The van der Waals surface area contributed by atoms with Crippen molar-refractivity contribution in [2.75, 3.05) is 0 Å². The first-order chi connectivity index (χ1) is 8.86. The number of aryl methyl sites for hydroxylation is 1. The van der Waals surface area contributed by atoms with E-state index in [2.05, 4.69) is 57.4 Å². The Balaban J connectivity index is 1.94. The maximum Gasteiger partial charge on any atom is 0.107 e. The second kappa shape index (κ2) is 5.73. The van der Waals surface area contributed by atoms with E-state index in [9.17, 15) is 0 Å². The van der Waals surface area contributed by atoms with E-state index in [-0.39, 0.29) is 5.41 Å². The largest absolute Gasteiger partial charge is 0.303 e. The molecule has 0 aromatic carbocycles. The minimum absolute atomic E-state index is 0.144. The topological polar surface area (TPSA) is 24.9 Å². The molecule has 0 aliphatic rings. The van der Waals surface area contributed by atoms with Crippen LogP contribution < -0.4 is 5.32 Å². The van der Waals surface area contributed by atoms with Gasteiger partial charge < -0.3 is 5.32 Å². The number of aromatic nitrogens is 1. The van der Waals surface area contributed by atoms with Crippen molar-refractivity contribution >= 4 is 22.7 Å². The van der Waals surface area contributed by atoms with Gasteiger partial charge in [0.1, 0.15) is 5.01 Å². The van der Waals surface area contributed by atoms with Gasteiger partial charge in [0.25, 0.3) is 0 Å². The molecule has 4 heteroatoms. The van der Waals surface area contributed by atoms with Gasteiger partial charge in [0.05, 0.1) is 5.69 Å². The fourth-order valence-electron chi connectivity index (χ4n) is 1.76. The summed E-state index contributed by atoms with van der Waals surface area (Å²) in [5.41, 5.74) is 1.33. The summed E-state index contributed by atoms with van der Waals surface area (Å²) >= 11 is 3.61. The highest BCUT2D eigenvalue weighted by Gasteiger charge is 2.17. The van der Waals surface area contributed by atoms with Crippen LogP contribution in [0.3, 0.4) is 0 Å². The molecule has 2 rings (SSSR count). The highest BCUT2D eigenvalue weighted by Crippen LogP contribution is 2.25. The fourth-order valence-corrected chi connectivity index (χ4v) is 3.64. The molecule has 0 saturated carbocycles. The molecule has 19 heavy (non-hydrogen) atoms. The van der Waals surface area contributed by atoms with Gasteiger partial charge in [-0.15, -0.1) is 22.7 Å². The number of thiophene rings is 1. The van der Waals surface area contributed by atoms with Crippen LogP contribution in [0.2, 0.25) is 0 Å². The third kappa shape index (κ3) is 3.88. The van der Waals surface area contributed by atoms with Crippen LogP contribution in [0.4, 0.5) is 0 Å². The highest BCUT2D eigenvalue weighted by atomic mass is 32.1. The Hall–Kier alpha value is -0.710. The lowest BCUT2D eigenvalue weighted by Crippen LogP contribution is -2.17. The van der Waals surface area contributed by atoms with Crippen molar-refractivity contribution in [2.24, 2.45) is 0 Å². The lowest BCUT2D eigenvalue weighted by atomic mass is 9.93. The van der Waals surface area contributed by atoms with Gasteiger partial charge in [0.15, 0.2) is 0 Å². The van der Waals surface area contributed by atoms with Gasteiger partial charge in [-0.2, -0.15) is 0 Å². The van der Waals surface area contributed by atoms with Crippen LogP contribution >= 0.6 is 22.7 Å². The van der Waals surface area contributed by atoms with Gasteiger partial charge in [-0.1, -0.05) is 20.8 Å². The van der Waals surface area contributed by atoms with Crippen molar-refractivity contribution in [3.63, 3.8) is 0 Å². The number of nitrogens with one attached hydrogen (secondary N) is 1. The summed E-state index contributed by atoms with van der Waals surface area (Å²) < 4.78 is 0. The molecule has 0 fully saturated rings. The third-order valence-corrected chi connectivity index (χ3v) is 5.10. The Morgan fingerprint density at radius 3 is 2.58 bits per heavy atom. The smallest absolute Gasteiger partial charge is 0.107 e. The quantitative estimate of drug-likeness (QED) is 0.887. The van der Waals surface area contributed by atoms with E-state index in [0.717, 1.165) is 6.54 Å². The van der Waals surface area contributed by atoms with Crippen LogP contribution in [0.15, 0.2) is 17.5 Å². The van der Waals surface area contributed by atoms with E-state index in [1.54, 1.807) is 11.3 Å². The van der Waals surface area contributed by atoms with Crippen molar-refractivity contribution in [1.82, 2.24) is 10.3 Å². The Morgan fingerprint density at radius 1 is 1.32 bits per heavy atom. The Bertz CT molecular complexity index is 534. The molecule has 0 spiro atoms. The maximum absolute atomic E-state index is 4.71. The molecule has 0 saturated heterocycles. The van der Waals surface area contributed by atoms with Crippen molar-refractivity contribution < 1.29 is 0 Å². The van der Waals surface area contributed by atoms with Crippen LogP contribution in [0, 0.1) is 6.92 Å². The Morgan fingerprint density at radius 2 is 2.05 bits per heavy atom. The summed E-state index contributed by atoms with van der Waals surface area (Å²) in [7, 11) is 0. The molecule has 2 nitrogen and oxygen atoms in total. The number of hydrogen-bond acceptors (Lipinski definition) is 4. The van der Waals surface area contributed by atoms with E-state index in [4.69, 9.17) is 4.98 Å². The zero-order valence-electron chi connectivity index (χ0n) is 12.3.